The topological polar surface area (TPSA) is 49.9 Å². The highest BCUT2D eigenvalue weighted by Gasteiger charge is 2.51. The van der Waals surface area contributed by atoms with Crippen molar-refractivity contribution in [2.45, 2.75) is 32.1 Å². The third-order valence-corrected chi connectivity index (χ3v) is 6.97. The molecule has 2 saturated heterocycles. The summed E-state index contributed by atoms with van der Waals surface area (Å²) in [5.74, 6) is 0.878. The Bertz CT molecular complexity index is 621. The molecule has 1 saturated carbocycles. The molecule has 3 heterocycles. The van der Waals surface area contributed by atoms with Crippen molar-refractivity contribution in [3.63, 3.8) is 0 Å². The van der Waals surface area contributed by atoms with E-state index in [9.17, 15) is 9.59 Å². The fourth-order valence-electron chi connectivity index (χ4n) is 4.62. The van der Waals surface area contributed by atoms with Crippen molar-refractivity contribution in [3.05, 3.63) is 22.4 Å². The third-order valence-electron chi connectivity index (χ3n) is 6.29. The van der Waals surface area contributed by atoms with E-state index in [1.165, 1.54) is 19.3 Å². The van der Waals surface area contributed by atoms with Crippen LogP contribution in [-0.4, -0.2) is 61.0 Å². The molecular formula is C19H26N2O3S. The van der Waals surface area contributed by atoms with Gasteiger partial charge in [-0.05, 0) is 42.0 Å². The molecular weight excluding hydrogens is 336 g/mol. The first-order chi connectivity index (χ1) is 12.2. The summed E-state index contributed by atoms with van der Waals surface area (Å²) < 4.78 is 5.33. The van der Waals surface area contributed by atoms with Gasteiger partial charge >= 0.3 is 0 Å². The summed E-state index contributed by atoms with van der Waals surface area (Å²) in [6.07, 6.45) is 5.18. The fraction of sp³-hybridized carbons (Fsp3) is 0.684. The van der Waals surface area contributed by atoms with Crippen molar-refractivity contribution in [2.75, 3.05) is 39.4 Å². The predicted molar refractivity (Wildman–Crippen MR) is 96.6 cm³/mol. The van der Waals surface area contributed by atoms with Gasteiger partial charge in [0.1, 0.15) is 0 Å². The SMILES string of the molecule is O=C(CCC1CN(C(=O)c2ccsc2)CC12CCC2)N1CCOCC1. The number of hydrogen-bond acceptors (Lipinski definition) is 4. The van der Waals surface area contributed by atoms with E-state index in [2.05, 4.69) is 0 Å². The summed E-state index contributed by atoms with van der Waals surface area (Å²) in [6, 6.07) is 1.91. The molecule has 2 aliphatic heterocycles. The van der Waals surface area contributed by atoms with E-state index < -0.39 is 0 Å². The number of nitrogens with zero attached hydrogens (tertiary/aromatic N) is 2. The lowest BCUT2D eigenvalue weighted by molar-refractivity contribution is -0.135. The number of likely N-dealkylation sites (tertiary alicyclic amines) is 1. The van der Waals surface area contributed by atoms with Crippen LogP contribution in [0.2, 0.25) is 0 Å². The molecule has 136 valence electrons. The molecule has 25 heavy (non-hydrogen) atoms. The summed E-state index contributed by atoms with van der Waals surface area (Å²) >= 11 is 1.57. The zero-order valence-electron chi connectivity index (χ0n) is 14.6. The number of amides is 2. The molecule has 1 spiro atoms. The maximum atomic E-state index is 12.7. The average molecular weight is 362 g/mol. The quantitative estimate of drug-likeness (QED) is 0.827. The van der Waals surface area contributed by atoms with E-state index in [0.29, 0.717) is 25.6 Å². The molecule has 0 bridgehead atoms. The number of hydrogen-bond donors (Lipinski definition) is 0. The standard InChI is InChI=1S/C19H26N2O3S/c22-17(20-7-9-24-10-8-20)3-2-16-12-21(14-19(16)5-1-6-19)18(23)15-4-11-25-13-15/h4,11,13,16H,1-3,5-10,12,14H2. The van der Waals surface area contributed by atoms with Crippen molar-refractivity contribution in [1.82, 2.24) is 9.80 Å². The van der Waals surface area contributed by atoms with Crippen LogP contribution in [0.5, 0.6) is 0 Å². The number of morpholine rings is 1. The van der Waals surface area contributed by atoms with Crippen LogP contribution in [0.15, 0.2) is 16.8 Å². The summed E-state index contributed by atoms with van der Waals surface area (Å²) in [7, 11) is 0. The first-order valence-corrected chi connectivity index (χ1v) is 10.3. The van der Waals surface area contributed by atoms with Gasteiger partial charge < -0.3 is 14.5 Å². The Labute approximate surface area is 152 Å². The van der Waals surface area contributed by atoms with Crippen LogP contribution in [0, 0.1) is 11.3 Å². The van der Waals surface area contributed by atoms with Gasteiger partial charge in [0.25, 0.3) is 5.91 Å². The van der Waals surface area contributed by atoms with Crippen molar-refractivity contribution >= 4 is 23.2 Å². The van der Waals surface area contributed by atoms with Crippen LogP contribution < -0.4 is 0 Å². The Morgan fingerprint density at radius 3 is 2.68 bits per heavy atom. The van der Waals surface area contributed by atoms with Gasteiger partial charge in [0, 0.05) is 38.0 Å². The minimum atomic E-state index is 0.162. The lowest BCUT2D eigenvalue weighted by Crippen LogP contribution is -2.42. The molecule has 1 aromatic heterocycles. The number of carbonyl (C=O) groups excluding carboxylic acids is 2. The first kappa shape index (κ1) is 17.0. The van der Waals surface area contributed by atoms with E-state index >= 15 is 0 Å². The summed E-state index contributed by atoms with van der Waals surface area (Å²) in [6.45, 7) is 4.43. The molecule has 5 nitrogen and oxygen atoms in total. The molecule has 1 unspecified atom stereocenters. The summed E-state index contributed by atoms with van der Waals surface area (Å²) in [4.78, 5) is 29.1. The van der Waals surface area contributed by atoms with Gasteiger partial charge in [-0.3, -0.25) is 9.59 Å². The number of rotatable bonds is 4. The van der Waals surface area contributed by atoms with Crippen molar-refractivity contribution in [1.29, 1.82) is 0 Å². The number of ether oxygens (including phenoxy) is 1. The molecule has 3 fully saturated rings. The Hall–Kier alpha value is -1.40. The maximum Gasteiger partial charge on any atom is 0.254 e. The van der Waals surface area contributed by atoms with E-state index in [0.717, 1.165) is 38.2 Å². The molecule has 3 aliphatic rings. The van der Waals surface area contributed by atoms with Gasteiger partial charge in [-0.2, -0.15) is 11.3 Å². The molecule has 1 atom stereocenters. The molecule has 0 radical (unpaired) electrons. The van der Waals surface area contributed by atoms with Crippen LogP contribution in [0.1, 0.15) is 42.5 Å². The second-order valence-corrected chi connectivity index (χ2v) is 8.42. The number of thiophene rings is 1. The lowest BCUT2D eigenvalue weighted by atomic mass is 9.62. The van der Waals surface area contributed by atoms with E-state index in [-0.39, 0.29) is 17.2 Å². The zero-order chi connectivity index (χ0) is 17.3. The van der Waals surface area contributed by atoms with Gasteiger partial charge in [0.05, 0.1) is 18.8 Å². The Morgan fingerprint density at radius 2 is 2.04 bits per heavy atom. The minimum Gasteiger partial charge on any atom is -0.378 e. The van der Waals surface area contributed by atoms with E-state index in [1.54, 1.807) is 11.3 Å². The molecule has 6 heteroatoms. The van der Waals surface area contributed by atoms with Crippen molar-refractivity contribution < 1.29 is 14.3 Å². The highest BCUT2D eigenvalue weighted by atomic mass is 32.1. The maximum absolute atomic E-state index is 12.7. The van der Waals surface area contributed by atoms with Gasteiger partial charge in [0.15, 0.2) is 0 Å². The summed E-state index contributed by atoms with van der Waals surface area (Å²) in [5, 5.41) is 3.89. The van der Waals surface area contributed by atoms with Crippen LogP contribution >= 0.6 is 11.3 Å². The highest BCUT2D eigenvalue weighted by Crippen LogP contribution is 2.53. The molecule has 4 rings (SSSR count). The largest absolute Gasteiger partial charge is 0.378 e. The Kier molecular flexibility index (Phi) is 4.82. The normalized spacial score (nSPS) is 25.2. The third kappa shape index (κ3) is 3.34. The van der Waals surface area contributed by atoms with Gasteiger partial charge in [-0.25, -0.2) is 0 Å². The van der Waals surface area contributed by atoms with Crippen LogP contribution in [0.25, 0.3) is 0 Å². The monoisotopic (exact) mass is 362 g/mol. The van der Waals surface area contributed by atoms with Crippen LogP contribution in [0.3, 0.4) is 0 Å². The van der Waals surface area contributed by atoms with Gasteiger partial charge in [-0.15, -0.1) is 0 Å². The summed E-state index contributed by atoms with van der Waals surface area (Å²) in [5.41, 5.74) is 1.08. The molecule has 0 aromatic carbocycles. The molecule has 0 N–H and O–H groups in total. The highest BCUT2D eigenvalue weighted by molar-refractivity contribution is 7.08. The lowest BCUT2D eigenvalue weighted by Gasteiger charge is -2.43. The second kappa shape index (κ2) is 7.08. The van der Waals surface area contributed by atoms with E-state index in [4.69, 9.17) is 4.74 Å². The smallest absolute Gasteiger partial charge is 0.254 e. The molecule has 1 aliphatic carbocycles. The Balaban J connectivity index is 1.37. The first-order valence-electron chi connectivity index (χ1n) is 9.35. The van der Waals surface area contributed by atoms with Gasteiger partial charge in [0.2, 0.25) is 5.91 Å². The predicted octanol–water partition coefficient (Wildman–Crippen LogP) is 2.63. The fourth-order valence-corrected chi connectivity index (χ4v) is 5.25. The zero-order valence-corrected chi connectivity index (χ0v) is 15.4. The van der Waals surface area contributed by atoms with Crippen LogP contribution in [0.4, 0.5) is 0 Å². The Morgan fingerprint density at radius 1 is 1.24 bits per heavy atom. The van der Waals surface area contributed by atoms with Crippen LogP contribution in [-0.2, 0) is 9.53 Å². The minimum absolute atomic E-state index is 0.162. The molecule has 2 amide bonds. The molecule has 1 aromatic rings. The number of carbonyl (C=O) groups is 2. The second-order valence-electron chi connectivity index (χ2n) is 7.64. The van der Waals surface area contributed by atoms with Gasteiger partial charge in [-0.1, -0.05) is 6.42 Å². The van der Waals surface area contributed by atoms with Crippen molar-refractivity contribution in [2.24, 2.45) is 11.3 Å². The van der Waals surface area contributed by atoms with E-state index in [1.807, 2.05) is 26.6 Å². The van der Waals surface area contributed by atoms with Crippen molar-refractivity contribution in [3.8, 4) is 0 Å². The average Bonchev–Trinajstić information content (AvgIpc) is 3.27.